The molecule has 3 aromatic rings. The zero-order valence-electron chi connectivity index (χ0n) is 11.3. The molecule has 1 atom stereocenters. The fourth-order valence-corrected chi connectivity index (χ4v) is 2.34. The minimum Gasteiger partial charge on any atom is -0.389 e. The molecule has 1 N–H and O–H groups in total. The Morgan fingerprint density at radius 3 is 2.29 bits per heavy atom. The molecule has 21 heavy (non-hydrogen) atoms. The summed E-state index contributed by atoms with van der Waals surface area (Å²) in [7, 11) is 0. The first-order chi connectivity index (χ1) is 10.0. The molecule has 0 saturated heterocycles. The van der Waals surface area contributed by atoms with Crippen LogP contribution in [0.25, 0.3) is 22.2 Å². The van der Waals surface area contributed by atoms with Crippen LogP contribution in [0.3, 0.4) is 0 Å². The molecule has 2 aromatic carbocycles. The third-order valence-corrected chi connectivity index (χ3v) is 3.39. The molecule has 0 radical (unpaired) electrons. The summed E-state index contributed by atoms with van der Waals surface area (Å²) in [6.45, 7) is 1.65. The molecule has 1 aromatic heterocycles. The highest BCUT2D eigenvalue weighted by atomic mass is 19.1. The number of aliphatic hydroxyl groups excluding tert-OH is 1. The Morgan fingerprint density at radius 2 is 1.62 bits per heavy atom. The van der Waals surface area contributed by atoms with Gasteiger partial charge in [-0.05, 0) is 55.0 Å². The summed E-state index contributed by atoms with van der Waals surface area (Å²) in [5.41, 5.74) is 2.42. The monoisotopic (exact) mass is 285 g/mol. The Bertz CT molecular complexity index is 798. The van der Waals surface area contributed by atoms with Crippen molar-refractivity contribution >= 4 is 10.9 Å². The van der Waals surface area contributed by atoms with Crippen LogP contribution in [0.5, 0.6) is 0 Å². The molecule has 0 fully saturated rings. The van der Waals surface area contributed by atoms with Crippen molar-refractivity contribution in [1.29, 1.82) is 0 Å². The van der Waals surface area contributed by atoms with E-state index in [1.165, 1.54) is 24.3 Å². The Kier molecular flexibility index (Phi) is 3.39. The molecule has 0 amide bonds. The van der Waals surface area contributed by atoms with Gasteiger partial charge in [0.2, 0.25) is 0 Å². The van der Waals surface area contributed by atoms with Crippen LogP contribution < -0.4 is 0 Å². The van der Waals surface area contributed by atoms with E-state index in [1.807, 2.05) is 0 Å². The number of pyridine rings is 1. The van der Waals surface area contributed by atoms with E-state index in [0.29, 0.717) is 27.7 Å². The van der Waals surface area contributed by atoms with Gasteiger partial charge in [-0.2, -0.15) is 0 Å². The van der Waals surface area contributed by atoms with E-state index in [2.05, 4.69) is 4.98 Å². The maximum absolute atomic E-state index is 13.4. The molecular weight excluding hydrogens is 272 g/mol. The van der Waals surface area contributed by atoms with Crippen LogP contribution in [-0.4, -0.2) is 10.1 Å². The topological polar surface area (TPSA) is 33.1 Å². The quantitative estimate of drug-likeness (QED) is 0.764. The van der Waals surface area contributed by atoms with E-state index in [1.54, 1.807) is 31.2 Å². The van der Waals surface area contributed by atoms with Crippen molar-refractivity contribution in [2.45, 2.75) is 13.0 Å². The van der Waals surface area contributed by atoms with Gasteiger partial charge < -0.3 is 5.11 Å². The van der Waals surface area contributed by atoms with E-state index in [4.69, 9.17) is 0 Å². The second kappa shape index (κ2) is 5.22. The van der Waals surface area contributed by atoms with Gasteiger partial charge >= 0.3 is 0 Å². The zero-order chi connectivity index (χ0) is 15.0. The first kappa shape index (κ1) is 13.6. The van der Waals surface area contributed by atoms with Crippen molar-refractivity contribution in [2.24, 2.45) is 0 Å². The average Bonchev–Trinajstić information content (AvgIpc) is 2.46. The largest absolute Gasteiger partial charge is 0.389 e. The summed E-state index contributed by atoms with van der Waals surface area (Å²) >= 11 is 0. The predicted molar refractivity (Wildman–Crippen MR) is 77.7 cm³/mol. The Balaban J connectivity index is 2.26. The first-order valence-corrected chi connectivity index (χ1v) is 6.59. The number of aromatic nitrogens is 1. The number of halogens is 2. The summed E-state index contributed by atoms with van der Waals surface area (Å²) in [6.07, 6.45) is -0.708. The predicted octanol–water partition coefficient (Wildman–Crippen LogP) is 4.23. The molecule has 3 rings (SSSR count). The van der Waals surface area contributed by atoms with E-state index >= 15 is 0 Å². The summed E-state index contributed by atoms with van der Waals surface area (Å²) in [4.78, 5) is 4.41. The minimum absolute atomic E-state index is 0.332. The Labute approximate surface area is 120 Å². The summed E-state index contributed by atoms with van der Waals surface area (Å²) in [5, 5.41) is 10.6. The van der Waals surface area contributed by atoms with Gasteiger partial charge in [-0.3, -0.25) is 0 Å². The van der Waals surface area contributed by atoms with E-state index in [0.717, 1.165) is 0 Å². The van der Waals surface area contributed by atoms with Crippen molar-refractivity contribution in [3.8, 4) is 11.3 Å². The number of hydrogen-bond donors (Lipinski definition) is 1. The zero-order valence-corrected chi connectivity index (χ0v) is 11.3. The number of rotatable bonds is 2. The van der Waals surface area contributed by atoms with Crippen molar-refractivity contribution in [1.82, 2.24) is 4.98 Å². The van der Waals surface area contributed by atoms with Gasteiger partial charge in [0.1, 0.15) is 11.6 Å². The lowest BCUT2D eigenvalue weighted by molar-refractivity contribution is 0.201. The first-order valence-electron chi connectivity index (χ1n) is 6.59. The lowest BCUT2D eigenvalue weighted by atomic mass is 10.0. The molecule has 0 saturated carbocycles. The van der Waals surface area contributed by atoms with E-state index in [-0.39, 0.29) is 11.6 Å². The van der Waals surface area contributed by atoms with Crippen LogP contribution in [-0.2, 0) is 0 Å². The number of aliphatic hydroxyl groups is 1. The van der Waals surface area contributed by atoms with Gasteiger partial charge in [0.15, 0.2) is 0 Å². The highest BCUT2D eigenvalue weighted by Gasteiger charge is 2.12. The van der Waals surface area contributed by atoms with Gasteiger partial charge in [0, 0.05) is 17.0 Å². The van der Waals surface area contributed by atoms with E-state index in [9.17, 15) is 13.9 Å². The standard InChI is InChI=1S/C17H13F2NO/c1-10(21)15-9-16(11-2-4-12(18)5-3-11)20-17-8-13(19)6-7-14(15)17/h2-10,21H,1H3/t10-/m0/s1. The van der Waals surface area contributed by atoms with Crippen LogP contribution in [0.4, 0.5) is 8.78 Å². The third-order valence-electron chi connectivity index (χ3n) is 3.39. The van der Waals surface area contributed by atoms with Crippen LogP contribution in [0.2, 0.25) is 0 Å². The smallest absolute Gasteiger partial charge is 0.125 e. The molecule has 0 unspecified atom stereocenters. The highest BCUT2D eigenvalue weighted by molar-refractivity contribution is 5.85. The molecule has 0 bridgehead atoms. The van der Waals surface area contributed by atoms with Crippen LogP contribution >= 0.6 is 0 Å². The fourth-order valence-electron chi connectivity index (χ4n) is 2.34. The van der Waals surface area contributed by atoms with Crippen molar-refractivity contribution < 1.29 is 13.9 Å². The number of hydrogen-bond acceptors (Lipinski definition) is 2. The third kappa shape index (κ3) is 2.62. The van der Waals surface area contributed by atoms with Crippen molar-refractivity contribution in [3.63, 3.8) is 0 Å². The minimum atomic E-state index is -0.708. The summed E-state index contributed by atoms with van der Waals surface area (Å²) in [6, 6.07) is 11.9. The van der Waals surface area contributed by atoms with Crippen molar-refractivity contribution in [2.75, 3.05) is 0 Å². The summed E-state index contributed by atoms with van der Waals surface area (Å²) in [5.74, 6) is -0.718. The molecule has 0 aliphatic rings. The molecule has 4 heteroatoms. The Morgan fingerprint density at radius 1 is 0.952 bits per heavy atom. The highest BCUT2D eigenvalue weighted by Crippen LogP contribution is 2.29. The number of nitrogens with zero attached hydrogens (tertiary/aromatic N) is 1. The van der Waals surface area contributed by atoms with Gasteiger partial charge in [-0.15, -0.1) is 0 Å². The number of benzene rings is 2. The second-order valence-electron chi connectivity index (χ2n) is 4.94. The maximum atomic E-state index is 13.4. The average molecular weight is 285 g/mol. The van der Waals surface area contributed by atoms with Gasteiger partial charge in [0.05, 0.1) is 17.3 Å². The Hall–Kier alpha value is -2.33. The molecule has 0 aliphatic carbocycles. The van der Waals surface area contributed by atoms with Gasteiger partial charge in [-0.25, -0.2) is 13.8 Å². The van der Waals surface area contributed by atoms with Crippen molar-refractivity contribution in [3.05, 3.63) is 65.7 Å². The summed E-state index contributed by atoms with van der Waals surface area (Å²) < 4.78 is 26.4. The SMILES string of the molecule is C[C@H](O)c1cc(-c2ccc(F)cc2)nc2cc(F)ccc12. The molecule has 0 aliphatic heterocycles. The van der Waals surface area contributed by atoms with Gasteiger partial charge in [0.25, 0.3) is 0 Å². The lowest BCUT2D eigenvalue weighted by Crippen LogP contribution is -1.97. The fraction of sp³-hybridized carbons (Fsp3) is 0.118. The molecule has 106 valence electrons. The van der Waals surface area contributed by atoms with Crippen LogP contribution in [0.1, 0.15) is 18.6 Å². The van der Waals surface area contributed by atoms with Crippen LogP contribution in [0.15, 0.2) is 48.5 Å². The lowest BCUT2D eigenvalue weighted by Gasteiger charge is -2.12. The normalized spacial score (nSPS) is 12.6. The maximum Gasteiger partial charge on any atom is 0.125 e. The van der Waals surface area contributed by atoms with Crippen LogP contribution in [0, 0.1) is 11.6 Å². The second-order valence-corrected chi connectivity index (χ2v) is 4.94. The molecular formula is C17H13F2NO. The molecule has 2 nitrogen and oxygen atoms in total. The number of fused-ring (bicyclic) bond motifs is 1. The van der Waals surface area contributed by atoms with Gasteiger partial charge in [-0.1, -0.05) is 0 Å². The molecule has 0 spiro atoms. The van der Waals surface area contributed by atoms with E-state index < -0.39 is 6.10 Å². The molecule has 1 heterocycles.